The average Bonchev–Trinajstić information content (AvgIpc) is 2.50. The van der Waals surface area contributed by atoms with E-state index in [9.17, 15) is 0 Å². The monoisotopic (exact) mass is 325 g/mol. The van der Waals surface area contributed by atoms with Crippen molar-refractivity contribution in [2.75, 3.05) is 20.3 Å². The van der Waals surface area contributed by atoms with Gasteiger partial charge in [-0.1, -0.05) is 41.4 Å². The zero-order chi connectivity index (χ0) is 15.1. The summed E-state index contributed by atoms with van der Waals surface area (Å²) in [5.74, 6) is 1.38. The third-order valence-electron chi connectivity index (χ3n) is 2.83. The lowest BCUT2D eigenvalue weighted by Crippen LogP contribution is -2.09. The minimum atomic E-state index is 0.401. The van der Waals surface area contributed by atoms with Crippen molar-refractivity contribution < 1.29 is 9.47 Å². The number of halogens is 2. The molecular weight excluding hydrogens is 309 g/mol. The second kappa shape index (κ2) is 8.13. The molecule has 2 aromatic carbocycles. The van der Waals surface area contributed by atoms with Crippen LogP contribution in [0, 0.1) is 0 Å². The van der Waals surface area contributed by atoms with Crippen molar-refractivity contribution in [3.05, 3.63) is 58.1 Å². The summed E-state index contributed by atoms with van der Waals surface area (Å²) in [7, 11) is 1.92. The van der Waals surface area contributed by atoms with Crippen molar-refractivity contribution in [3.8, 4) is 11.5 Å². The predicted octanol–water partition coefficient (Wildman–Crippen LogP) is 4.17. The van der Waals surface area contributed by atoms with Crippen LogP contribution in [0.25, 0.3) is 0 Å². The number of nitrogens with one attached hydrogen (secondary N) is 1. The van der Waals surface area contributed by atoms with Crippen molar-refractivity contribution in [3.63, 3.8) is 0 Å². The fourth-order valence-electron chi connectivity index (χ4n) is 1.81. The molecule has 0 amide bonds. The molecular formula is C16H17Cl2NO2. The topological polar surface area (TPSA) is 30.5 Å². The third kappa shape index (κ3) is 4.81. The normalized spacial score (nSPS) is 10.4. The molecule has 0 unspecified atom stereocenters. The largest absolute Gasteiger partial charge is 0.490 e. The van der Waals surface area contributed by atoms with Crippen LogP contribution in [0.4, 0.5) is 0 Å². The van der Waals surface area contributed by atoms with E-state index in [1.807, 2.05) is 31.3 Å². The summed E-state index contributed by atoms with van der Waals surface area (Å²) in [4.78, 5) is 0. The molecule has 0 radical (unpaired) electrons. The summed E-state index contributed by atoms with van der Waals surface area (Å²) in [5, 5.41) is 4.01. The first-order chi connectivity index (χ1) is 10.2. The van der Waals surface area contributed by atoms with Gasteiger partial charge in [-0.15, -0.1) is 0 Å². The number of hydrogen-bond donors (Lipinski definition) is 1. The Bertz CT molecular complexity index is 573. The molecule has 0 aliphatic carbocycles. The van der Waals surface area contributed by atoms with Gasteiger partial charge in [0.25, 0.3) is 0 Å². The van der Waals surface area contributed by atoms with Gasteiger partial charge in [0.1, 0.15) is 29.7 Å². The SMILES string of the molecule is CNCc1ccc(OCCOc2cccc(Cl)c2Cl)cc1. The van der Waals surface area contributed by atoms with Gasteiger partial charge in [-0.25, -0.2) is 0 Å². The molecule has 0 heterocycles. The Labute approximate surface area is 134 Å². The molecule has 112 valence electrons. The molecule has 2 rings (SSSR count). The van der Waals surface area contributed by atoms with E-state index in [1.54, 1.807) is 18.2 Å². The highest BCUT2D eigenvalue weighted by Crippen LogP contribution is 2.31. The second-order valence-electron chi connectivity index (χ2n) is 4.42. The molecule has 0 bridgehead atoms. The molecule has 5 heteroatoms. The van der Waals surface area contributed by atoms with E-state index in [-0.39, 0.29) is 0 Å². The van der Waals surface area contributed by atoms with E-state index < -0.39 is 0 Å². The Morgan fingerprint density at radius 2 is 1.67 bits per heavy atom. The van der Waals surface area contributed by atoms with Crippen LogP contribution in [0.15, 0.2) is 42.5 Å². The summed E-state index contributed by atoms with van der Waals surface area (Å²) < 4.78 is 11.2. The predicted molar refractivity (Wildman–Crippen MR) is 86.7 cm³/mol. The fourth-order valence-corrected chi connectivity index (χ4v) is 2.16. The van der Waals surface area contributed by atoms with Crippen molar-refractivity contribution in [2.24, 2.45) is 0 Å². The molecule has 0 fully saturated rings. The minimum Gasteiger partial charge on any atom is -0.490 e. The van der Waals surface area contributed by atoms with E-state index in [1.165, 1.54) is 5.56 Å². The van der Waals surface area contributed by atoms with Crippen LogP contribution in [0.5, 0.6) is 11.5 Å². The molecule has 0 spiro atoms. The standard InChI is InChI=1S/C16H17Cl2NO2/c1-19-11-12-5-7-13(8-6-12)20-9-10-21-15-4-2-3-14(17)16(15)18/h2-8,19H,9-11H2,1H3. The van der Waals surface area contributed by atoms with Crippen LogP contribution in [0.1, 0.15) is 5.56 Å². The van der Waals surface area contributed by atoms with Gasteiger partial charge in [0.15, 0.2) is 0 Å². The van der Waals surface area contributed by atoms with E-state index in [0.717, 1.165) is 12.3 Å². The lowest BCUT2D eigenvalue weighted by atomic mass is 10.2. The van der Waals surface area contributed by atoms with Crippen LogP contribution >= 0.6 is 23.2 Å². The highest BCUT2D eigenvalue weighted by atomic mass is 35.5. The van der Waals surface area contributed by atoms with E-state index in [2.05, 4.69) is 5.32 Å². The maximum absolute atomic E-state index is 6.03. The zero-order valence-corrected chi connectivity index (χ0v) is 13.2. The first-order valence-corrected chi connectivity index (χ1v) is 7.39. The maximum atomic E-state index is 6.03. The molecule has 0 saturated carbocycles. The lowest BCUT2D eigenvalue weighted by molar-refractivity contribution is 0.217. The summed E-state index contributed by atoms with van der Waals surface area (Å²) in [5.41, 5.74) is 1.21. The van der Waals surface area contributed by atoms with Crippen LogP contribution in [0.3, 0.4) is 0 Å². The van der Waals surface area contributed by atoms with Gasteiger partial charge in [-0.2, -0.15) is 0 Å². The Morgan fingerprint density at radius 3 is 2.38 bits per heavy atom. The van der Waals surface area contributed by atoms with Gasteiger partial charge in [0, 0.05) is 6.54 Å². The second-order valence-corrected chi connectivity index (χ2v) is 5.21. The van der Waals surface area contributed by atoms with E-state index in [0.29, 0.717) is 29.0 Å². The first kappa shape index (κ1) is 16.0. The Kier molecular flexibility index (Phi) is 6.18. The molecule has 21 heavy (non-hydrogen) atoms. The molecule has 0 saturated heterocycles. The van der Waals surface area contributed by atoms with Crippen molar-refractivity contribution in [1.29, 1.82) is 0 Å². The summed E-state index contributed by atoms with van der Waals surface area (Å²) in [6.07, 6.45) is 0. The molecule has 0 atom stereocenters. The summed E-state index contributed by atoms with van der Waals surface area (Å²) in [6, 6.07) is 13.2. The lowest BCUT2D eigenvalue weighted by Gasteiger charge is -2.10. The Hall–Kier alpha value is -1.42. The van der Waals surface area contributed by atoms with Crippen LogP contribution < -0.4 is 14.8 Å². The molecule has 1 N–H and O–H groups in total. The molecule has 0 aliphatic heterocycles. The smallest absolute Gasteiger partial charge is 0.139 e. The van der Waals surface area contributed by atoms with Crippen molar-refractivity contribution >= 4 is 23.2 Å². The van der Waals surface area contributed by atoms with Gasteiger partial charge >= 0.3 is 0 Å². The van der Waals surface area contributed by atoms with Crippen LogP contribution in [-0.4, -0.2) is 20.3 Å². The minimum absolute atomic E-state index is 0.401. The highest BCUT2D eigenvalue weighted by molar-refractivity contribution is 6.42. The van der Waals surface area contributed by atoms with Gasteiger partial charge in [0.2, 0.25) is 0 Å². The number of rotatable bonds is 7. The van der Waals surface area contributed by atoms with Gasteiger partial charge in [0.05, 0.1) is 5.02 Å². The Morgan fingerprint density at radius 1 is 0.952 bits per heavy atom. The molecule has 3 nitrogen and oxygen atoms in total. The summed E-state index contributed by atoms with van der Waals surface area (Å²) in [6.45, 7) is 1.68. The quantitative estimate of drug-likeness (QED) is 0.775. The molecule has 0 aromatic heterocycles. The number of ether oxygens (including phenoxy) is 2. The maximum Gasteiger partial charge on any atom is 0.139 e. The molecule has 2 aromatic rings. The van der Waals surface area contributed by atoms with Crippen molar-refractivity contribution in [2.45, 2.75) is 6.54 Å². The average molecular weight is 326 g/mol. The van der Waals surface area contributed by atoms with Gasteiger partial charge < -0.3 is 14.8 Å². The van der Waals surface area contributed by atoms with E-state index in [4.69, 9.17) is 32.7 Å². The van der Waals surface area contributed by atoms with Gasteiger partial charge in [-0.05, 0) is 36.9 Å². The fraction of sp³-hybridized carbons (Fsp3) is 0.250. The summed E-state index contributed by atoms with van der Waals surface area (Å²) >= 11 is 11.9. The van der Waals surface area contributed by atoms with Gasteiger partial charge in [-0.3, -0.25) is 0 Å². The van der Waals surface area contributed by atoms with Crippen LogP contribution in [0.2, 0.25) is 10.0 Å². The number of benzene rings is 2. The van der Waals surface area contributed by atoms with Crippen LogP contribution in [-0.2, 0) is 6.54 Å². The number of hydrogen-bond acceptors (Lipinski definition) is 3. The van der Waals surface area contributed by atoms with E-state index >= 15 is 0 Å². The third-order valence-corrected chi connectivity index (χ3v) is 3.63. The molecule has 0 aliphatic rings. The first-order valence-electron chi connectivity index (χ1n) is 6.64. The van der Waals surface area contributed by atoms with Crippen molar-refractivity contribution in [1.82, 2.24) is 5.32 Å². The highest BCUT2D eigenvalue weighted by Gasteiger charge is 2.05. The Balaban J connectivity index is 1.78. The zero-order valence-electron chi connectivity index (χ0n) is 11.7.